The van der Waals surface area contributed by atoms with Crippen LogP contribution < -0.4 is 5.56 Å². The molecule has 1 aromatic carbocycles. The van der Waals surface area contributed by atoms with E-state index in [1.165, 1.54) is 44.9 Å². The Hall–Kier alpha value is -2.21. The lowest BCUT2D eigenvalue weighted by Crippen LogP contribution is -2.44. The molecule has 1 N–H and O–H groups in total. The minimum Gasteiger partial charge on any atom is -0.481 e. The molecule has 0 bridgehead atoms. The van der Waals surface area contributed by atoms with E-state index in [9.17, 15) is 9.59 Å². The highest BCUT2D eigenvalue weighted by Gasteiger charge is 2.28. The van der Waals surface area contributed by atoms with Crippen molar-refractivity contribution in [3.8, 4) is 0 Å². The zero-order chi connectivity index (χ0) is 22.5. The van der Waals surface area contributed by atoms with E-state index in [2.05, 4.69) is 9.88 Å². The lowest BCUT2D eigenvalue weighted by molar-refractivity contribution is -0.137. The number of para-hydroxylation sites is 2. The van der Waals surface area contributed by atoms with Gasteiger partial charge in [0.1, 0.15) is 5.69 Å². The van der Waals surface area contributed by atoms with Gasteiger partial charge in [0.05, 0.1) is 11.0 Å². The zero-order valence-electron chi connectivity index (χ0n) is 19.3. The van der Waals surface area contributed by atoms with Crippen molar-refractivity contribution in [1.29, 1.82) is 0 Å². The van der Waals surface area contributed by atoms with Gasteiger partial charge in [-0.3, -0.25) is 9.59 Å². The maximum absolute atomic E-state index is 13.5. The zero-order valence-corrected chi connectivity index (χ0v) is 19.3. The minimum atomic E-state index is -0.833. The highest BCUT2D eigenvalue weighted by atomic mass is 16.4. The molecule has 4 rings (SSSR count). The second kappa shape index (κ2) is 10.6. The van der Waals surface area contributed by atoms with Crippen molar-refractivity contribution in [2.24, 2.45) is 5.92 Å². The summed E-state index contributed by atoms with van der Waals surface area (Å²) in [4.78, 5) is 31.9. The number of likely N-dealkylation sites (tertiary alicyclic amines) is 1. The number of benzene rings is 1. The van der Waals surface area contributed by atoms with Gasteiger partial charge in [0, 0.05) is 31.6 Å². The highest BCUT2D eigenvalue weighted by Crippen LogP contribution is 2.29. The second-order valence-electron chi connectivity index (χ2n) is 9.90. The molecule has 174 valence electrons. The quantitative estimate of drug-likeness (QED) is 0.700. The van der Waals surface area contributed by atoms with Crippen LogP contribution in [0.4, 0.5) is 0 Å². The molecule has 6 nitrogen and oxygen atoms in total. The first kappa shape index (κ1) is 23.0. The number of nitrogens with zero attached hydrogens (tertiary/aromatic N) is 3. The topological polar surface area (TPSA) is 75.4 Å². The summed E-state index contributed by atoms with van der Waals surface area (Å²) < 4.78 is 1.97. The Kier molecular flexibility index (Phi) is 7.61. The number of hydrogen-bond acceptors (Lipinski definition) is 4. The standard InChI is InChI=1S/C26H37N3O3/c1-19(18-25(30)31)17-23-26(32)29(24-12-8-7-11-22(24)27-23)21-13-15-28(16-14-21)20-9-5-3-2-4-6-10-20/h7-8,11-12,19-21H,2-6,9-10,13-18H2,1H3,(H,30,31). The largest absolute Gasteiger partial charge is 0.481 e. The van der Waals surface area contributed by atoms with Crippen molar-refractivity contribution in [2.45, 2.75) is 89.6 Å². The van der Waals surface area contributed by atoms with Crippen molar-refractivity contribution in [3.63, 3.8) is 0 Å². The van der Waals surface area contributed by atoms with Crippen LogP contribution in [0.15, 0.2) is 29.1 Å². The summed E-state index contributed by atoms with van der Waals surface area (Å²) in [7, 11) is 0. The van der Waals surface area contributed by atoms with Crippen molar-refractivity contribution >= 4 is 17.0 Å². The normalized spacial score (nSPS) is 20.7. The van der Waals surface area contributed by atoms with E-state index in [4.69, 9.17) is 5.11 Å². The number of carboxylic acids is 1. The van der Waals surface area contributed by atoms with E-state index in [0.29, 0.717) is 18.2 Å². The predicted molar refractivity (Wildman–Crippen MR) is 127 cm³/mol. The first-order valence-corrected chi connectivity index (χ1v) is 12.5. The van der Waals surface area contributed by atoms with E-state index in [1.54, 1.807) is 0 Å². The summed E-state index contributed by atoms with van der Waals surface area (Å²) in [6.45, 7) is 3.97. The maximum atomic E-state index is 13.5. The predicted octanol–water partition coefficient (Wildman–Crippen LogP) is 4.80. The molecular weight excluding hydrogens is 402 g/mol. The minimum absolute atomic E-state index is 0.0367. The third kappa shape index (κ3) is 5.40. The molecular formula is C26H37N3O3. The van der Waals surface area contributed by atoms with Gasteiger partial charge in [0.15, 0.2) is 0 Å². The van der Waals surface area contributed by atoms with Crippen LogP contribution in [0, 0.1) is 5.92 Å². The van der Waals surface area contributed by atoms with Gasteiger partial charge in [-0.25, -0.2) is 4.98 Å². The molecule has 1 aliphatic carbocycles. The van der Waals surface area contributed by atoms with Crippen LogP contribution in [0.25, 0.3) is 11.0 Å². The molecule has 1 unspecified atom stereocenters. The molecule has 2 aromatic rings. The van der Waals surface area contributed by atoms with Gasteiger partial charge in [-0.2, -0.15) is 0 Å². The van der Waals surface area contributed by atoms with Gasteiger partial charge in [0.25, 0.3) is 5.56 Å². The Labute approximate surface area is 190 Å². The fourth-order valence-electron chi connectivity index (χ4n) is 5.71. The molecule has 1 atom stereocenters. The van der Waals surface area contributed by atoms with Gasteiger partial charge < -0.3 is 14.6 Å². The number of fused-ring (bicyclic) bond motifs is 1. The van der Waals surface area contributed by atoms with Crippen LogP contribution >= 0.6 is 0 Å². The summed E-state index contributed by atoms with van der Waals surface area (Å²) in [5.41, 5.74) is 2.19. The maximum Gasteiger partial charge on any atom is 0.303 e. The number of piperidine rings is 1. The summed E-state index contributed by atoms with van der Waals surface area (Å²) in [6.07, 6.45) is 11.9. The van der Waals surface area contributed by atoms with E-state index in [0.717, 1.165) is 37.0 Å². The third-order valence-electron chi connectivity index (χ3n) is 7.38. The summed E-state index contributed by atoms with van der Waals surface area (Å²) in [5, 5.41) is 9.12. The number of rotatable bonds is 6. The fraction of sp³-hybridized carbons (Fsp3) is 0.654. The highest BCUT2D eigenvalue weighted by molar-refractivity contribution is 5.74. The molecule has 1 aromatic heterocycles. The van der Waals surface area contributed by atoms with E-state index in [1.807, 2.05) is 35.8 Å². The molecule has 2 heterocycles. The SMILES string of the molecule is CC(CC(=O)O)Cc1nc2ccccc2n(C2CCN(C3CCCCCCC3)CC2)c1=O. The Bertz CT molecular complexity index is 970. The Morgan fingerprint density at radius 3 is 2.38 bits per heavy atom. The first-order chi connectivity index (χ1) is 15.5. The molecule has 0 radical (unpaired) electrons. The third-order valence-corrected chi connectivity index (χ3v) is 7.38. The van der Waals surface area contributed by atoms with Crippen molar-refractivity contribution in [3.05, 3.63) is 40.3 Å². The molecule has 2 fully saturated rings. The number of carbonyl (C=O) groups is 1. The van der Waals surface area contributed by atoms with Gasteiger partial charge >= 0.3 is 5.97 Å². The smallest absolute Gasteiger partial charge is 0.303 e. The van der Waals surface area contributed by atoms with E-state index < -0.39 is 5.97 Å². The van der Waals surface area contributed by atoms with E-state index in [-0.39, 0.29) is 23.9 Å². The van der Waals surface area contributed by atoms with E-state index >= 15 is 0 Å². The van der Waals surface area contributed by atoms with Gasteiger partial charge in [0.2, 0.25) is 0 Å². The van der Waals surface area contributed by atoms with Gasteiger partial charge in [-0.1, -0.05) is 51.2 Å². The summed E-state index contributed by atoms with van der Waals surface area (Å²) >= 11 is 0. The Morgan fingerprint density at radius 2 is 1.69 bits per heavy atom. The summed E-state index contributed by atoms with van der Waals surface area (Å²) in [6, 6.07) is 8.75. The molecule has 2 aliphatic rings. The van der Waals surface area contributed by atoms with Crippen molar-refractivity contribution in [1.82, 2.24) is 14.5 Å². The molecule has 6 heteroatoms. The second-order valence-corrected chi connectivity index (χ2v) is 9.90. The van der Waals surface area contributed by atoms with Crippen LogP contribution in [0.1, 0.15) is 82.9 Å². The summed E-state index contributed by atoms with van der Waals surface area (Å²) in [5.74, 6) is -0.955. The monoisotopic (exact) mass is 439 g/mol. The van der Waals surface area contributed by atoms with Crippen LogP contribution in [0.5, 0.6) is 0 Å². The van der Waals surface area contributed by atoms with Crippen molar-refractivity contribution in [2.75, 3.05) is 13.1 Å². The molecule has 1 aliphatic heterocycles. The molecule has 0 spiro atoms. The van der Waals surface area contributed by atoms with Crippen LogP contribution in [-0.4, -0.2) is 44.7 Å². The molecule has 1 saturated carbocycles. The fourth-order valence-corrected chi connectivity index (χ4v) is 5.71. The Balaban J connectivity index is 1.55. The molecule has 32 heavy (non-hydrogen) atoms. The van der Waals surface area contributed by atoms with Crippen LogP contribution in [0.2, 0.25) is 0 Å². The van der Waals surface area contributed by atoms with Gasteiger partial charge in [-0.15, -0.1) is 0 Å². The Morgan fingerprint density at radius 1 is 1.03 bits per heavy atom. The van der Waals surface area contributed by atoms with Gasteiger partial charge in [-0.05, 0) is 50.2 Å². The number of aromatic nitrogens is 2. The number of hydrogen-bond donors (Lipinski definition) is 1. The van der Waals surface area contributed by atoms with Crippen LogP contribution in [0.3, 0.4) is 0 Å². The first-order valence-electron chi connectivity index (χ1n) is 12.5. The van der Waals surface area contributed by atoms with Crippen molar-refractivity contribution < 1.29 is 9.90 Å². The average Bonchev–Trinajstić information content (AvgIpc) is 2.74. The number of aliphatic carboxylic acids is 1. The lowest BCUT2D eigenvalue weighted by atomic mass is 9.93. The lowest BCUT2D eigenvalue weighted by Gasteiger charge is -2.39. The average molecular weight is 440 g/mol. The van der Waals surface area contributed by atoms with Crippen LogP contribution in [-0.2, 0) is 11.2 Å². The molecule has 1 saturated heterocycles. The molecule has 0 amide bonds. The number of carboxylic acid groups (broad SMARTS) is 1.